The number of hydrogen-bond donors (Lipinski definition) is 1. The van der Waals surface area contributed by atoms with E-state index in [0.717, 1.165) is 0 Å². The monoisotopic (exact) mass is 234 g/mol. The van der Waals surface area contributed by atoms with Crippen LogP contribution in [0.3, 0.4) is 0 Å². The molecule has 1 aliphatic heterocycles. The zero-order valence-electron chi connectivity index (χ0n) is 8.91. The summed E-state index contributed by atoms with van der Waals surface area (Å²) in [6.07, 6.45) is 0. The Kier molecular flexibility index (Phi) is 2.37. The molecule has 1 aliphatic rings. The smallest absolute Gasteiger partial charge is 0.200 e. The Morgan fingerprint density at radius 1 is 1.24 bits per heavy atom. The normalized spacial score (nSPS) is 13.7. The molecule has 17 heavy (non-hydrogen) atoms. The van der Waals surface area contributed by atoms with Gasteiger partial charge in [0.1, 0.15) is 19.8 Å². The molecule has 0 amide bonds. The van der Waals surface area contributed by atoms with Crippen molar-refractivity contribution in [3.63, 3.8) is 0 Å². The van der Waals surface area contributed by atoms with E-state index in [2.05, 4.69) is 15.4 Å². The van der Waals surface area contributed by atoms with Crippen molar-refractivity contribution in [2.75, 3.05) is 13.2 Å². The average molecular weight is 234 g/mol. The molecular formula is C10H10N4O3. The Morgan fingerprint density at radius 3 is 2.82 bits per heavy atom. The quantitative estimate of drug-likeness (QED) is 0.783. The van der Waals surface area contributed by atoms with Gasteiger partial charge in [0.15, 0.2) is 11.5 Å². The van der Waals surface area contributed by atoms with E-state index in [4.69, 9.17) is 14.6 Å². The fourth-order valence-corrected chi connectivity index (χ4v) is 1.57. The largest absolute Gasteiger partial charge is 0.486 e. The first kappa shape index (κ1) is 10.0. The molecular weight excluding hydrogens is 224 g/mol. The summed E-state index contributed by atoms with van der Waals surface area (Å²) in [5, 5.41) is 20.4. The van der Waals surface area contributed by atoms with Crippen LogP contribution in [0, 0.1) is 0 Å². The number of aliphatic hydroxyl groups is 1. The van der Waals surface area contributed by atoms with Crippen LogP contribution in [0.25, 0.3) is 5.69 Å². The van der Waals surface area contributed by atoms with Crippen LogP contribution in [0.1, 0.15) is 5.82 Å². The molecule has 0 spiro atoms. The number of fused-ring (bicyclic) bond motifs is 1. The molecule has 7 heteroatoms. The van der Waals surface area contributed by atoms with E-state index < -0.39 is 0 Å². The lowest BCUT2D eigenvalue weighted by Crippen LogP contribution is -2.15. The Labute approximate surface area is 96.6 Å². The van der Waals surface area contributed by atoms with Crippen molar-refractivity contribution in [3.8, 4) is 17.2 Å². The topological polar surface area (TPSA) is 82.3 Å². The van der Waals surface area contributed by atoms with Gasteiger partial charge < -0.3 is 14.6 Å². The number of benzene rings is 1. The van der Waals surface area contributed by atoms with Gasteiger partial charge in [-0.05, 0) is 17.3 Å². The molecule has 0 fully saturated rings. The van der Waals surface area contributed by atoms with E-state index >= 15 is 0 Å². The first-order valence-corrected chi connectivity index (χ1v) is 5.16. The van der Waals surface area contributed by atoms with Crippen LogP contribution >= 0.6 is 0 Å². The van der Waals surface area contributed by atoms with Gasteiger partial charge in [0.2, 0.25) is 5.82 Å². The molecule has 0 saturated carbocycles. The fraction of sp³-hybridized carbons (Fsp3) is 0.300. The minimum Gasteiger partial charge on any atom is -0.486 e. The Bertz CT molecular complexity index is 540. The summed E-state index contributed by atoms with van der Waals surface area (Å²) in [7, 11) is 0. The van der Waals surface area contributed by atoms with Gasteiger partial charge in [-0.3, -0.25) is 0 Å². The Morgan fingerprint density at radius 2 is 2.06 bits per heavy atom. The van der Waals surface area contributed by atoms with Gasteiger partial charge in [0.25, 0.3) is 0 Å². The highest BCUT2D eigenvalue weighted by Gasteiger charge is 2.13. The molecule has 88 valence electrons. The second kappa shape index (κ2) is 4.02. The van der Waals surface area contributed by atoms with E-state index in [1.807, 2.05) is 0 Å². The highest BCUT2D eigenvalue weighted by Crippen LogP contribution is 2.31. The van der Waals surface area contributed by atoms with E-state index in [1.54, 1.807) is 18.2 Å². The second-order valence-electron chi connectivity index (χ2n) is 3.48. The number of tetrazole rings is 1. The zero-order chi connectivity index (χ0) is 11.7. The van der Waals surface area contributed by atoms with E-state index in [9.17, 15) is 0 Å². The minimum atomic E-state index is -0.232. The SMILES string of the molecule is OCc1nnn(-c2ccc3c(c2)OCCO3)n1. The molecule has 3 rings (SSSR count). The summed E-state index contributed by atoms with van der Waals surface area (Å²) in [6, 6.07) is 5.37. The molecule has 1 aromatic carbocycles. The van der Waals surface area contributed by atoms with Crippen molar-refractivity contribution >= 4 is 0 Å². The zero-order valence-corrected chi connectivity index (χ0v) is 8.91. The molecule has 0 atom stereocenters. The lowest BCUT2D eigenvalue weighted by atomic mass is 10.2. The molecule has 0 saturated heterocycles. The Hall–Kier alpha value is -2.15. The van der Waals surface area contributed by atoms with Crippen LogP contribution in [-0.2, 0) is 6.61 Å². The lowest BCUT2D eigenvalue weighted by Gasteiger charge is -2.18. The predicted octanol–water partition coefficient (Wildman–Crippen LogP) is -0.0742. The summed E-state index contributed by atoms with van der Waals surface area (Å²) < 4.78 is 10.9. The summed E-state index contributed by atoms with van der Waals surface area (Å²) in [5.41, 5.74) is 0.710. The maximum atomic E-state index is 8.87. The predicted molar refractivity (Wildman–Crippen MR) is 56.1 cm³/mol. The van der Waals surface area contributed by atoms with Crippen molar-refractivity contribution in [2.24, 2.45) is 0 Å². The van der Waals surface area contributed by atoms with Crippen LogP contribution in [0.2, 0.25) is 0 Å². The number of nitrogens with zero attached hydrogens (tertiary/aromatic N) is 4. The number of rotatable bonds is 2. The highest BCUT2D eigenvalue weighted by molar-refractivity contribution is 5.48. The molecule has 7 nitrogen and oxygen atoms in total. The summed E-state index contributed by atoms with van der Waals surface area (Å²) in [6.45, 7) is 0.857. The number of ether oxygens (including phenoxy) is 2. The van der Waals surface area contributed by atoms with Crippen LogP contribution in [-0.4, -0.2) is 38.5 Å². The number of hydrogen-bond acceptors (Lipinski definition) is 6. The van der Waals surface area contributed by atoms with Gasteiger partial charge >= 0.3 is 0 Å². The van der Waals surface area contributed by atoms with Crippen molar-refractivity contribution in [1.29, 1.82) is 0 Å². The lowest BCUT2D eigenvalue weighted by molar-refractivity contribution is 0.171. The van der Waals surface area contributed by atoms with Crippen molar-refractivity contribution in [1.82, 2.24) is 20.2 Å². The molecule has 0 unspecified atom stereocenters. The number of aliphatic hydroxyl groups excluding tert-OH is 1. The van der Waals surface area contributed by atoms with Gasteiger partial charge in [-0.15, -0.1) is 15.0 Å². The summed E-state index contributed by atoms with van der Waals surface area (Å²) >= 11 is 0. The standard InChI is InChI=1S/C10H10N4O3/c15-6-10-11-13-14(12-10)7-1-2-8-9(5-7)17-4-3-16-8/h1-2,5,15H,3-4,6H2. The third-order valence-electron chi connectivity index (χ3n) is 2.35. The summed E-state index contributed by atoms with van der Waals surface area (Å²) in [5.74, 6) is 1.65. The van der Waals surface area contributed by atoms with Gasteiger partial charge in [-0.25, -0.2) is 0 Å². The maximum Gasteiger partial charge on any atom is 0.200 e. The molecule has 0 bridgehead atoms. The number of aromatic nitrogens is 4. The second-order valence-corrected chi connectivity index (χ2v) is 3.48. The van der Waals surface area contributed by atoms with Crippen molar-refractivity contribution in [2.45, 2.75) is 6.61 Å². The van der Waals surface area contributed by atoms with E-state index in [1.165, 1.54) is 4.80 Å². The van der Waals surface area contributed by atoms with Gasteiger partial charge in [0, 0.05) is 6.07 Å². The molecule has 1 N–H and O–H groups in total. The van der Waals surface area contributed by atoms with Crippen molar-refractivity contribution in [3.05, 3.63) is 24.0 Å². The first-order valence-electron chi connectivity index (χ1n) is 5.16. The fourth-order valence-electron chi connectivity index (χ4n) is 1.57. The molecule has 0 aliphatic carbocycles. The third-order valence-corrected chi connectivity index (χ3v) is 2.35. The average Bonchev–Trinajstić information content (AvgIpc) is 2.87. The first-order chi connectivity index (χ1) is 8.36. The van der Waals surface area contributed by atoms with Crippen LogP contribution in [0.4, 0.5) is 0 Å². The van der Waals surface area contributed by atoms with E-state index in [0.29, 0.717) is 30.4 Å². The molecule has 0 radical (unpaired) electrons. The summed E-state index contributed by atoms with van der Waals surface area (Å²) in [4.78, 5) is 1.34. The van der Waals surface area contributed by atoms with E-state index in [-0.39, 0.29) is 12.4 Å². The van der Waals surface area contributed by atoms with Gasteiger partial charge in [-0.2, -0.15) is 0 Å². The maximum absolute atomic E-state index is 8.87. The third kappa shape index (κ3) is 1.80. The van der Waals surface area contributed by atoms with Crippen LogP contribution in [0.5, 0.6) is 11.5 Å². The van der Waals surface area contributed by atoms with Crippen LogP contribution in [0.15, 0.2) is 18.2 Å². The van der Waals surface area contributed by atoms with Gasteiger partial charge in [0.05, 0.1) is 5.69 Å². The minimum absolute atomic E-state index is 0.232. The molecule has 2 aromatic rings. The Balaban J connectivity index is 1.97. The van der Waals surface area contributed by atoms with Crippen molar-refractivity contribution < 1.29 is 14.6 Å². The molecule has 1 aromatic heterocycles. The highest BCUT2D eigenvalue weighted by atomic mass is 16.6. The van der Waals surface area contributed by atoms with Crippen LogP contribution < -0.4 is 9.47 Å². The van der Waals surface area contributed by atoms with Gasteiger partial charge in [-0.1, -0.05) is 0 Å². The molecule has 2 heterocycles.